The molecule has 1 aromatic heterocycles. The predicted octanol–water partition coefficient (Wildman–Crippen LogP) is 3.61. The van der Waals surface area contributed by atoms with E-state index in [2.05, 4.69) is 10.1 Å². The van der Waals surface area contributed by atoms with Gasteiger partial charge in [-0.1, -0.05) is 30.3 Å². The number of nitrogens with zero attached hydrogens (tertiary/aromatic N) is 2. The van der Waals surface area contributed by atoms with E-state index in [1.807, 2.05) is 0 Å². The fraction of sp³-hybridized carbons (Fsp3) is 0.167. The Morgan fingerprint density at radius 2 is 1.83 bits per heavy atom. The smallest absolute Gasteiger partial charge is 0.387 e. The zero-order chi connectivity index (χ0) is 25.1. The van der Waals surface area contributed by atoms with Gasteiger partial charge in [0.2, 0.25) is 0 Å². The van der Waals surface area contributed by atoms with Crippen LogP contribution in [-0.2, 0) is 11.8 Å². The van der Waals surface area contributed by atoms with Gasteiger partial charge in [0, 0.05) is 31.6 Å². The second kappa shape index (κ2) is 10.1. The van der Waals surface area contributed by atoms with E-state index in [0.29, 0.717) is 16.5 Å². The summed E-state index contributed by atoms with van der Waals surface area (Å²) >= 11 is 0.743. The summed E-state index contributed by atoms with van der Waals surface area (Å²) in [7, 11) is 1.62. The van der Waals surface area contributed by atoms with Crippen molar-refractivity contribution in [2.45, 2.75) is 6.61 Å². The molecule has 1 aliphatic heterocycles. The minimum absolute atomic E-state index is 0.00659. The van der Waals surface area contributed by atoms with Gasteiger partial charge in [0.1, 0.15) is 5.75 Å². The van der Waals surface area contributed by atoms with E-state index >= 15 is 0 Å². The molecule has 0 spiro atoms. The number of fused-ring (bicyclic) bond motifs is 1. The van der Waals surface area contributed by atoms with E-state index in [9.17, 15) is 28.0 Å². The monoisotopic (exact) mass is 499 g/mol. The zero-order valence-electron chi connectivity index (χ0n) is 18.4. The molecule has 0 aliphatic carbocycles. The quantitative estimate of drug-likeness (QED) is 0.499. The van der Waals surface area contributed by atoms with Gasteiger partial charge >= 0.3 is 6.61 Å². The predicted molar refractivity (Wildman–Crippen MR) is 127 cm³/mol. The lowest BCUT2D eigenvalue weighted by Crippen LogP contribution is -2.37. The Hall–Kier alpha value is -3.99. The van der Waals surface area contributed by atoms with Crippen molar-refractivity contribution >= 4 is 45.8 Å². The Kier molecular flexibility index (Phi) is 6.97. The highest BCUT2D eigenvalue weighted by Crippen LogP contribution is 2.32. The molecule has 0 atom stereocenters. The average Bonchev–Trinajstić information content (AvgIpc) is 3.09. The maximum atomic E-state index is 12.7. The number of alkyl halides is 2. The van der Waals surface area contributed by atoms with Crippen LogP contribution < -0.4 is 15.6 Å². The summed E-state index contributed by atoms with van der Waals surface area (Å²) in [5.41, 5.74) is 1.01. The molecular formula is C24H19F2N3O5S. The fourth-order valence-corrected chi connectivity index (χ4v) is 4.43. The molecule has 0 radical (unpaired) electrons. The number of imide groups is 1. The third-order valence-corrected chi connectivity index (χ3v) is 6.20. The molecule has 180 valence electrons. The van der Waals surface area contributed by atoms with E-state index in [0.717, 1.165) is 16.7 Å². The van der Waals surface area contributed by atoms with Crippen LogP contribution in [0, 0.1) is 0 Å². The highest BCUT2D eigenvalue weighted by atomic mass is 32.2. The van der Waals surface area contributed by atoms with Crippen LogP contribution in [0.4, 0.5) is 13.6 Å². The number of carbonyl (C=O) groups excluding carboxylic acids is 3. The summed E-state index contributed by atoms with van der Waals surface area (Å²) in [4.78, 5) is 51.1. The molecule has 2 aromatic carbocycles. The number of nitrogens with one attached hydrogen (secondary N) is 1. The Morgan fingerprint density at radius 3 is 2.54 bits per heavy atom. The van der Waals surface area contributed by atoms with Crippen molar-refractivity contribution in [3.05, 3.63) is 81.0 Å². The Labute approximate surface area is 202 Å². The molecule has 11 heteroatoms. The number of carbonyl (C=O) groups is 3. The molecule has 1 N–H and O–H groups in total. The Morgan fingerprint density at radius 1 is 1.11 bits per heavy atom. The molecule has 1 aliphatic rings. The number of aryl methyl sites for hydroxylation is 1. The lowest BCUT2D eigenvalue weighted by atomic mass is 10.1. The number of hydrogen-bond donors (Lipinski definition) is 1. The lowest BCUT2D eigenvalue weighted by molar-refractivity contribution is -0.122. The first-order valence-electron chi connectivity index (χ1n) is 10.4. The van der Waals surface area contributed by atoms with Crippen molar-refractivity contribution in [1.29, 1.82) is 0 Å². The van der Waals surface area contributed by atoms with E-state index < -0.39 is 23.7 Å². The lowest BCUT2D eigenvalue weighted by Gasteiger charge is -2.14. The molecular weight excluding hydrogens is 480 g/mol. The van der Waals surface area contributed by atoms with Crippen LogP contribution in [0.2, 0.25) is 0 Å². The fourth-order valence-electron chi connectivity index (χ4n) is 3.56. The zero-order valence-corrected chi connectivity index (χ0v) is 19.2. The third-order valence-electron chi connectivity index (χ3n) is 5.30. The van der Waals surface area contributed by atoms with E-state index in [1.165, 1.54) is 41.0 Å². The molecule has 3 aromatic rings. The first-order valence-corrected chi connectivity index (χ1v) is 11.2. The number of rotatable bonds is 7. The molecule has 35 heavy (non-hydrogen) atoms. The molecule has 0 saturated carbocycles. The maximum absolute atomic E-state index is 12.7. The third kappa shape index (κ3) is 5.24. The van der Waals surface area contributed by atoms with Gasteiger partial charge in [0.05, 0.1) is 16.0 Å². The number of thioether (sulfide) groups is 1. The summed E-state index contributed by atoms with van der Waals surface area (Å²) in [6.45, 7) is -3.01. The number of benzene rings is 2. The van der Waals surface area contributed by atoms with Crippen LogP contribution in [0.15, 0.2) is 64.3 Å². The van der Waals surface area contributed by atoms with Crippen molar-refractivity contribution in [2.24, 2.45) is 7.05 Å². The highest BCUT2D eigenvalue weighted by molar-refractivity contribution is 8.18. The Bertz CT molecular complexity index is 1400. The van der Waals surface area contributed by atoms with E-state index in [-0.39, 0.29) is 34.9 Å². The number of ether oxygens (including phenoxy) is 1. The largest absolute Gasteiger partial charge is 0.435 e. The number of hydrogen-bond acceptors (Lipinski definition) is 6. The first-order chi connectivity index (χ1) is 16.7. The average molecular weight is 499 g/mol. The molecule has 3 amide bonds. The van der Waals surface area contributed by atoms with Gasteiger partial charge < -0.3 is 14.6 Å². The summed E-state index contributed by atoms with van der Waals surface area (Å²) in [5.74, 6) is -1.04. The van der Waals surface area contributed by atoms with Gasteiger partial charge in [0.25, 0.3) is 22.6 Å². The van der Waals surface area contributed by atoms with E-state index in [4.69, 9.17) is 0 Å². The second-order valence-corrected chi connectivity index (χ2v) is 8.50. The standard InChI is InChI=1S/C24H19F2N3O5S/c1-28-18-5-3-2-4-16(18)17(13-20(28)30)21(31)27-10-11-29-22(32)19(35-24(29)33)12-14-6-8-15(9-7-14)34-23(25)26/h2-9,12-13,23H,10-11H2,1H3,(H,27,31)/b19-12+. The van der Waals surface area contributed by atoms with Gasteiger partial charge in [-0.25, -0.2) is 0 Å². The van der Waals surface area contributed by atoms with Crippen LogP contribution in [0.5, 0.6) is 5.75 Å². The number of para-hydroxylation sites is 1. The molecule has 8 nitrogen and oxygen atoms in total. The summed E-state index contributed by atoms with van der Waals surface area (Å²) in [6, 6.07) is 13.9. The van der Waals surface area contributed by atoms with Gasteiger partial charge in [0.15, 0.2) is 0 Å². The van der Waals surface area contributed by atoms with Gasteiger partial charge in [-0.3, -0.25) is 24.1 Å². The van der Waals surface area contributed by atoms with Crippen LogP contribution in [-0.4, -0.2) is 46.2 Å². The minimum Gasteiger partial charge on any atom is -0.435 e. The van der Waals surface area contributed by atoms with Crippen molar-refractivity contribution < 1.29 is 27.9 Å². The molecule has 1 saturated heterocycles. The minimum atomic E-state index is -2.94. The van der Waals surface area contributed by atoms with Crippen molar-refractivity contribution in [3.63, 3.8) is 0 Å². The molecule has 1 fully saturated rings. The van der Waals surface area contributed by atoms with Crippen molar-refractivity contribution in [1.82, 2.24) is 14.8 Å². The van der Waals surface area contributed by atoms with Gasteiger partial charge in [-0.2, -0.15) is 8.78 Å². The first kappa shape index (κ1) is 24.1. The summed E-state index contributed by atoms with van der Waals surface area (Å²) < 4.78 is 30.3. The van der Waals surface area contributed by atoms with Crippen LogP contribution in [0.3, 0.4) is 0 Å². The van der Waals surface area contributed by atoms with Crippen molar-refractivity contribution in [2.75, 3.05) is 13.1 Å². The summed E-state index contributed by atoms with van der Waals surface area (Å²) in [5, 5.41) is 2.76. The number of halogens is 2. The molecule has 2 heterocycles. The van der Waals surface area contributed by atoms with Gasteiger partial charge in [-0.05, 0) is 41.6 Å². The highest BCUT2D eigenvalue weighted by Gasteiger charge is 2.34. The number of amides is 3. The number of pyridine rings is 1. The summed E-state index contributed by atoms with van der Waals surface area (Å²) in [6.07, 6.45) is 1.47. The second-order valence-electron chi connectivity index (χ2n) is 7.51. The SMILES string of the molecule is Cn1c(=O)cc(C(=O)NCCN2C(=O)S/C(=C/c3ccc(OC(F)F)cc3)C2=O)c2ccccc21. The topological polar surface area (TPSA) is 97.7 Å². The molecule has 4 rings (SSSR count). The van der Waals surface area contributed by atoms with Crippen molar-refractivity contribution in [3.8, 4) is 5.75 Å². The van der Waals surface area contributed by atoms with Gasteiger partial charge in [-0.15, -0.1) is 0 Å². The van der Waals surface area contributed by atoms with Crippen LogP contribution in [0.1, 0.15) is 15.9 Å². The molecule has 0 unspecified atom stereocenters. The maximum Gasteiger partial charge on any atom is 0.387 e. The Balaban J connectivity index is 1.41. The molecule has 0 bridgehead atoms. The number of aromatic nitrogens is 1. The van der Waals surface area contributed by atoms with E-state index in [1.54, 1.807) is 31.3 Å². The normalized spacial score (nSPS) is 14.9. The van der Waals surface area contributed by atoms with Crippen LogP contribution >= 0.6 is 11.8 Å². The van der Waals surface area contributed by atoms with Crippen LogP contribution in [0.25, 0.3) is 17.0 Å².